The van der Waals surface area contributed by atoms with Crippen molar-refractivity contribution in [3.05, 3.63) is 11.6 Å². The number of allylic oxidation sites excluding steroid dienone is 1. The lowest BCUT2D eigenvalue weighted by atomic mass is 10.0. The zero-order valence-electron chi connectivity index (χ0n) is 14.2. The fourth-order valence-electron chi connectivity index (χ4n) is 2.18. The van der Waals surface area contributed by atoms with Crippen molar-refractivity contribution in [1.29, 1.82) is 0 Å². The van der Waals surface area contributed by atoms with Crippen LogP contribution in [0.2, 0.25) is 0 Å². The Morgan fingerprint density at radius 3 is 2.19 bits per heavy atom. The number of hydrogen-bond donors (Lipinski definition) is 3. The van der Waals surface area contributed by atoms with E-state index in [1.165, 1.54) is 18.7 Å². The van der Waals surface area contributed by atoms with Gasteiger partial charge in [0, 0.05) is 23.2 Å². The number of hydrogen-bond acceptors (Lipinski definition) is 9. The molecule has 1 saturated heterocycles. The monoisotopic (exact) mass is 454 g/mol. The quantitative estimate of drug-likeness (QED) is 0.327. The molecule has 5 atom stereocenters. The van der Waals surface area contributed by atoms with E-state index in [1.807, 2.05) is 0 Å². The third-order valence-corrected chi connectivity index (χ3v) is 9.05. The van der Waals surface area contributed by atoms with Gasteiger partial charge < -0.3 is 14.7 Å². The second-order valence-electron chi connectivity index (χ2n) is 5.17. The molecule has 1 heterocycles. The third-order valence-electron chi connectivity index (χ3n) is 3.24. The van der Waals surface area contributed by atoms with E-state index in [2.05, 4.69) is 17.7 Å². The lowest BCUT2D eigenvalue weighted by Crippen LogP contribution is -2.11. The zero-order valence-corrected chi connectivity index (χ0v) is 17.7. The molecular formula is C11H21O11P3S. The van der Waals surface area contributed by atoms with Crippen LogP contribution >= 0.6 is 35.2 Å². The summed E-state index contributed by atoms with van der Waals surface area (Å²) in [6, 6.07) is 0. The largest absolute Gasteiger partial charge is 0.490 e. The highest BCUT2D eigenvalue weighted by Crippen LogP contribution is 2.67. The number of phosphoric ester groups is 2. The summed E-state index contributed by atoms with van der Waals surface area (Å²) in [6.07, 6.45) is 2.96. The molecule has 3 unspecified atom stereocenters. The lowest BCUT2D eigenvalue weighted by Gasteiger charge is -2.18. The van der Waals surface area contributed by atoms with Crippen LogP contribution in [0.1, 0.15) is 26.7 Å². The summed E-state index contributed by atoms with van der Waals surface area (Å²) in [5.74, 6) is -0.0623. The number of Topliss-reactive ketones (excluding diaryl/α,β-unsaturated/α-hetero) is 1. The Kier molecular flexibility index (Phi) is 8.92. The summed E-state index contributed by atoms with van der Waals surface area (Å²) >= 11 is 1.37. The van der Waals surface area contributed by atoms with Crippen molar-refractivity contribution in [2.45, 2.75) is 37.2 Å². The van der Waals surface area contributed by atoms with Gasteiger partial charge in [-0.3, -0.25) is 13.8 Å². The Morgan fingerprint density at radius 1 is 1.12 bits per heavy atom. The average Bonchev–Trinajstić information content (AvgIpc) is 2.92. The van der Waals surface area contributed by atoms with Gasteiger partial charge in [-0.05, 0) is 26.7 Å². The molecule has 0 aromatic rings. The van der Waals surface area contributed by atoms with Gasteiger partial charge in [0.2, 0.25) is 0 Å². The molecule has 11 nitrogen and oxygen atoms in total. The fourth-order valence-corrected chi connectivity index (χ4v) is 7.19. The molecule has 1 rings (SSSR count). The Bertz CT molecular complexity index is 693. The predicted molar refractivity (Wildman–Crippen MR) is 93.4 cm³/mol. The van der Waals surface area contributed by atoms with E-state index in [4.69, 9.17) is 4.89 Å². The van der Waals surface area contributed by atoms with Gasteiger partial charge in [0.25, 0.3) is 0 Å². The van der Waals surface area contributed by atoms with E-state index in [-0.39, 0.29) is 22.9 Å². The highest BCUT2D eigenvalue weighted by Gasteiger charge is 2.42. The molecule has 26 heavy (non-hydrogen) atoms. The first-order valence-electron chi connectivity index (χ1n) is 7.25. The van der Waals surface area contributed by atoms with Gasteiger partial charge in [-0.15, -0.1) is 11.8 Å². The van der Waals surface area contributed by atoms with Gasteiger partial charge in [0.15, 0.2) is 5.78 Å². The predicted octanol–water partition coefficient (Wildman–Crippen LogP) is 2.78. The maximum Gasteiger partial charge on any atom is 0.490 e. The van der Waals surface area contributed by atoms with Crippen LogP contribution in [0, 0.1) is 0 Å². The van der Waals surface area contributed by atoms with Gasteiger partial charge >= 0.3 is 23.5 Å². The molecule has 15 heteroatoms. The van der Waals surface area contributed by atoms with Gasteiger partial charge in [-0.2, -0.15) is 8.62 Å². The Labute approximate surface area is 154 Å². The number of thioether (sulfide) groups is 1. The molecule has 0 radical (unpaired) electrons. The maximum absolute atomic E-state index is 11.8. The van der Waals surface area contributed by atoms with E-state index in [9.17, 15) is 28.3 Å². The number of ketones is 1. The van der Waals surface area contributed by atoms with Gasteiger partial charge in [0.05, 0.1) is 6.61 Å². The summed E-state index contributed by atoms with van der Waals surface area (Å²) in [4.78, 5) is 39.3. The topological polar surface area (TPSA) is 166 Å². The van der Waals surface area contributed by atoms with E-state index in [0.29, 0.717) is 18.4 Å². The maximum atomic E-state index is 11.8. The minimum absolute atomic E-state index is 0.0623. The summed E-state index contributed by atoms with van der Waals surface area (Å²) in [5.41, 5.74) is 0.646. The highest BCUT2D eigenvalue weighted by atomic mass is 32.2. The Hall–Kier alpha value is 0.170. The standard InChI is InChI=1S/C11H21O11P3S/c1-4-10(8(2)12)11-6-5-9(26-11)7-20-24(15,16)22-25(17,18)21-23(13,14)19-3/h4,9,11H,5-7H2,1-3H3,(H,13,14)(H,15,16)(H,17,18)/b10-4+/t9-,11+/m0/s1. The van der Waals surface area contributed by atoms with Gasteiger partial charge in [0.1, 0.15) is 0 Å². The Balaban J connectivity index is 2.59. The summed E-state index contributed by atoms with van der Waals surface area (Å²) in [5, 5.41) is -0.320. The molecule has 1 aliphatic heterocycles. The molecule has 152 valence electrons. The van der Waals surface area contributed by atoms with Crippen LogP contribution in [0.5, 0.6) is 0 Å². The van der Waals surface area contributed by atoms with E-state index >= 15 is 0 Å². The van der Waals surface area contributed by atoms with E-state index < -0.39 is 23.5 Å². The normalized spacial score (nSPS) is 28.2. The first kappa shape index (κ1) is 24.2. The number of carbonyl (C=O) groups excluding carboxylic acids is 1. The van der Waals surface area contributed by atoms with Crippen molar-refractivity contribution in [2.75, 3.05) is 13.7 Å². The van der Waals surface area contributed by atoms with Crippen molar-refractivity contribution in [2.24, 2.45) is 0 Å². The van der Waals surface area contributed by atoms with Crippen molar-refractivity contribution in [3.63, 3.8) is 0 Å². The smallest absolute Gasteiger partial charge is 0.302 e. The zero-order chi connectivity index (χ0) is 20.2. The lowest BCUT2D eigenvalue weighted by molar-refractivity contribution is -0.113. The van der Waals surface area contributed by atoms with Crippen LogP contribution in [0.4, 0.5) is 0 Å². The summed E-state index contributed by atoms with van der Waals surface area (Å²) < 4.78 is 50.6. The highest BCUT2D eigenvalue weighted by molar-refractivity contribution is 8.01. The molecule has 1 aliphatic rings. The number of carbonyl (C=O) groups is 1. The van der Waals surface area contributed by atoms with Gasteiger partial charge in [-0.25, -0.2) is 13.7 Å². The van der Waals surface area contributed by atoms with Crippen LogP contribution in [-0.4, -0.2) is 44.7 Å². The first-order chi connectivity index (χ1) is 11.8. The molecule has 0 aromatic carbocycles. The molecule has 0 saturated carbocycles. The van der Waals surface area contributed by atoms with Crippen LogP contribution in [0.3, 0.4) is 0 Å². The van der Waals surface area contributed by atoms with Gasteiger partial charge in [-0.1, -0.05) is 6.08 Å². The fraction of sp³-hybridized carbons (Fsp3) is 0.727. The molecule has 3 N–H and O–H groups in total. The molecule has 0 bridgehead atoms. The second kappa shape index (κ2) is 9.58. The molecular weight excluding hydrogens is 433 g/mol. The van der Waals surface area contributed by atoms with Crippen molar-refractivity contribution < 1.29 is 50.8 Å². The summed E-state index contributed by atoms with van der Waals surface area (Å²) in [7, 11) is -14.6. The minimum Gasteiger partial charge on any atom is -0.302 e. The second-order valence-corrected chi connectivity index (χ2v) is 11.4. The number of phosphoric acid groups is 3. The minimum atomic E-state index is -5.40. The van der Waals surface area contributed by atoms with Crippen LogP contribution in [-0.2, 0) is 36.2 Å². The van der Waals surface area contributed by atoms with E-state index in [1.54, 1.807) is 13.0 Å². The van der Waals surface area contributed by atoms with Crippen molar-refractivity contribution >= 4 is 41.0 Å². The number of rotatable bonds is 10. The molecule has 0 aliphatic carbocycles. The SMILES string of the molecule is C/C=C(\C(C)=O)[C@H]1CC[C@@H](COP(=O)(O)OP(=O)(O)OP(=O)(O)OC)S1. The van der Waals surface area contributed by atoms with Crippen molar-refractivity contribution in [3.8, 4) is 0 Å². The van der Waals surface area contributed by atoms with Crippen LogP contribution < -0.4 is 0 Å². The van der Waals surface area contributed by atoms with Crippen LogP contribution in [0.25, 0.3) is 0 Å². The first-order valence-corrected chi connectivity index (χ1v) is 12.7. The third kappa shape index (κ3) is 8.04. The Morgan fingerprint density at radius 2 is 1.69 bits per heavy atom. The molecule has 0 aromatic heterocycles. The van der Waals surface area contributed by atoms with Crippen molar-refractivity contribution in [1.82, 2.24) is 0 Å². The van der Waals surface area contributed by atoms with E-state index in [0.717, 1.165) is 7.11 Å². The molecule has 0 spiro atoms. The van der Waals surface area contributed by atoms with Crippen LogP contribution in [0.15, 0.2) is 11.6 Å². The molecule has 1 fully saturated rings. The summed E-state index contributed by atoms with van der Waals surface area (Å²) in [6.45, 7) is 2.90. The molecule has 0 amide bonds. The average molecular weight is 454 g/mol.